The van der Waals surface area contributed by atoms with Gasteiger partial charge in [0.1, 0.15) is 6.29 Å². The SMILES string of the molecule is Cc1cc(-c2ccc(Cl)cc2Cl)c(C)cc1C=O. The summed E-state index contributed by atoms with van der Waals surface area (Å²) >= 11 is 12.1. The van der Waals surface area contributed by atoms with Gasteiger partial charge in [-0.2, -0.15) is 0 Å². The van der Waals surface area contributed by atoms with Crippen LogP contribution in [0.4, 0.5) is 0 Å². The number of hydrogen-bond donors (Lipinski definition) is 0. The van der Waals surface area contributed by atoms with Crippen molar-refractivity contribution in [1.29, 1.82) is 0 Å². The summed E-state index contributed by atoms with van der Waals surface area (Å²) in [5.41, 5.74) is 4.63. The second-order valence-corrected chi connectivity index (χ2v) is 5.11. The van der Waals surface area contributed by atoms with Gasteiger partial charge < -0.3 is 0 Å². The molecular formula is C15H12Cl2O. The van der Waals surface area contributed by atoms with Crippen molar-refractivity contribution in [1.82, 2.24) is 0 Å². The van der Waals surface area contributed by atoms with Crippen molar-refractivity contribution in [3.05, 3.63) is 57.1 Å². The highest BCUT2D eigenvalue weighted by atomic mass is 35.5. The fourth-order valence-electron chi connectivity index (χ4n) is 1.96. The zero-order valence-corrected chi connectivity index (χ0v) is 11.6. The summed E-state index contributed by atoms with van der Waals surface area (Å²) in [6.07, 6.45) is 0.871. The minimum absolute atomic E-state index is 0.614. The molecule has 3 heteroatoms. The quantitative estimate of drug-likeness (QED) is 0.700. The van der Waals surface area contributed by atoms with E-state index in [0.717, 1.165) is 28.5 Å². The number of benzene rings is 2. The van der Waals surface area contributed by atoms with E-state index in [2.05, 4.69) is 0 Å². The van der Waals surface area contributed by atoms with E-state index in [1.807, 2.05) is 38.1 Å². The molecule has 0 aromatic heterocycles. The van der Waals surface area contributed by atoms with Crippen LogP contribution in [0.3, 0.4) is 0 Å². The van der Waals surface area contributed by atoms with Crippen LogP contribution in [-0.2, 0) is 0 Å². The molecule has 92 valence electrons. The van der Waals surface area contributed by atoms with Crippen LogP contribution in [0.15, 0.2) is 30.3 Å². The first kappa shape index (κ1) is 13.1. The first-order valence-corrected chi connectivity index (χ1v) is 6.30. The number of aldehydes is 1. The third-order valence-corrected chi connectivity index (χ3v) is 3.51. The second-order valence-electron chi connectivity index (χ2n) is 4.27. The lowest BCUT2D eigenvalue weighted by atomic mass is 9.95. The predicted molar refractivity (Wildman–Crippen MR) is 76.8 cm³/mol. The molecule has 0 spiro atoms. The van der Waals surface area contributed by atoms with Crippen LogP contribution in [0.25, 0.3) is 11.1 Å². The highest BCUT2D eigenvalue weighted by molar-refractivity contribution is 6.36. The summed E-state index contributed by atoms with van der Waals surface area (Å²) in [4.78, 5) is 10.9. The van der Waals surface area contributed by atoms with Crippen molar-refractivity contribution in [2.75, 3.05) is 0 Å². The van der Waals surface area contributed by atoms with Gasteiger partial charge in [-0.25, -0.2) is 0 Å². The van der Waals surface area contributed by atoms with Crippen molar-refractivity contribution in [3.63, 3.8) is 0 Å². The summed E-state index contributed by atoms with van der Waals surface area (Å²) in [6.45, 7) is 3.88. The van der Waals surface area contributed by atoms with Gasteiger partial charge in [-0.1, -0.05) is 35.3 Å². The van der Waals surface area contributed by atoms with Gasteiger partial charge in [-0.05, 0) is 48.7 Å². The smallest absolute Gasteiger partial charge is 0.150 e. The molecule has 0 saturated heterocycles. The molecule has 0 aliphatic heterocycles. The Morgan fingerprint density at radius 3 is 2.28 bits per heavy atom. The summed E-state index contributed by atoms with van der Waals surface area (Å²) < 4.78 is 0. The Morgan fingerprint density at radius 1 is 0.944 bits per heavy atom. The van der Waals surface area contributed by atoms with Crippen LogP contribution in [0.2, 0.25) is 10.0 Å². The fraction of sp³-hybridized carbons (Fsp3) is 0.133. The van der Waals surface area contributed by atoms with Gasteiger partial charge in [0.2, 0.25) is 0 Å². The monoisotopic (exact) mass is 278 g/mol. The standard InChI is InChI=1S/C15H12Cl2O/c1-9-6-14(10(2)5-11(9)8-18)13-4-3-12(16)7-15(13)17/h3-8H,1-2H3. The van der Waals surface area contributed by atoms with E-state index in [1.54, 1.807) is 6.07 Å². The Morgan fingerprint density at radius 2 is 1.67 bits per heavy atom. The molecule has 2 aromatic carbocycles. The fourth-order valence-corrected chi connectivity index (χ4v) is 2.47. The lowest BCUT2D eigenvalue weighted by Crippen LogP contribution is -1.92. The van der Waals surface area contributed by atoms with Crippen molar-refractivity contribution in [2.45, 2.75) is 13.8 Å². The molecule has 18 heavy (non-hydrogen) atoms. The van der Waals surface area contributed by atoms with Crippen LogP contribution in [0.1, 0.15) is 21.5 Å². The topological polar surface area (TPSA) is 17.1 Å². The first-order valence-electron chi connectivity index (χ1n) is 5.55. The maximum atomic E-state index is 10.9. The molecule has 0 bridgehead atoms. The molecule has 2 rings (SSSR count). The molecule has 0 heterocycles. The summed E-state index contributed by atoms with van der Waals surface area (Å²) in [5, 5.41) is 1.23. The molecule has 0 atom stereocenters. The largest absolute Gasteiger partial charge is 0.298 e. The van der Waals surface area contributed by atoms with E-state index >= 15 is 0 Å². The number of carbonyl (C=O) groups excluding carboxylic acids is 1. The van der Waals surface area contributed by atoms with Gasteiger partial charge in [-0.3, -0.25) is 4.79 Å². The maximum Gasteiger partial charge on any atom is 0.150 e. The zero-order chi connectivity index (χ0) is 13.3. The lowest BCUT2D eigenvalue weighted by molar-refractivity contribution is 0.112. The van der Waals surface area contributed by atoms with Gasteiger partial charge in [0.25, 0.3) is 0 Å². The van der Waals surface area contributed by atoms with Crippen LogP contribution >= 0.6 is 23.2 Å². The van der Waals surface area contributed by atoms with E-state index in [-0.39, 0.29) is 0 Å². The third kappa shape index (κ3) is 2.43. The molecule has 1 nitrogen and oxygen atoms in total. The Kier molecular flexibility index (Phi) is 3.74. The predicted octanol–water partition coefficient (Wildman–Crippen LogP) is 5.09. The normalized spacial score (nSPS) is 10.4. The average molecular weight is 279 g/mol. The zero-order valence-electron chi connectivity index (χ0n) is 10.1. The van der Waals surface area contributed by atoms with Crippen molar-refractivity contribution >= 4 is 29.5 Å². The number of carbonyl (C=O) groups is 1. The van der Waals surface area contributed by atoms with Crippen LogP contribution in [0, 0.1) is 13.8 Å². The van der Waals surface area contributed by atoms with Gasteiger partial charge in [-0.15, -0.1) is 0 Å². The van der Waals surface area contributed by atoms with E-state index < -0.39 is 0 Å². The molecule has 0 N–H and O–H groups in total. The first-order chi connectivity index (χ1) is 8.52. The molecule has 0 fully saturated rings. The number of rotatable bonds is 2. The van der Waals surface area contributed by atoms with Gasteiger partial charge in [0.15, 0.2) is 0 Å². The van der Waals surface area contributed by atoms with Gasteiger partial charge in [0.05, 0.1) is 0 Å². The van der Waals surface area contributed by atoms with Crippen molar-refractivity contribution < 1.29 is 4.79 Å². The van der Waals surface area contributed by atoms with Crippen molar-refractivity contribution in [2.24, 2.45) is 0 Å². The molecule has 0 saturated carbocycles. The molecular weight excluding hydrogens is 267 g/mol. The number of aryl methyl sites for hydroxylation is 2. The minimum Gasteiger partial charge on any atom is -0.298 e. The van der Waals surface area contributed by atoms with E-state index in [4.69, 9.17) is 23.2 Å². The molecule has 0 unspecified atom stereocenters. The van der Waals surface area contributed by atoms with Gasteiger partial charge in [0, 0.05) is 21.2 Å². The Balaban J connectivity index is 2.64. The van der Waals surface area contributed by atoms with E-state index in [0.29, 0.717) is 15.6 Å². The number of halogens is 2. The molecule has 0 aliphatic carbocycles. The van der Waals surface area contributed by atoms with Gasteiger partial charge >= 0.3 is 0 Å². The van der Waals surface area contributed by atoms with Crippen LogP contribution in [0.5, 0.6) is 0 Å². The summed E-state index contributed by atoms with van der Waals surface area (Å²) in [5.74, 6) is 0. The van der Waals surface area contributed by atoms with E-state index in [9.17, 15) is 4.79 Å². The minimum atomic E-state index is 0.614. The highest BCUT2D eigenvalue weighted by Gasteiger charge is 2.09. The Bertz CT molecular complexity index is 618. The second kappa shape index (κ2) is 5.13. The Labute approximate surface area is 116 Å². The summed E-state index contributed by atoms with van der Waals surface area (Å²) in [6, 6.07) is 9.29. The molecule has 0 radical (unpaired) electrons. The van der Waals surface area contributed by atoms with E-state index in [1.165, 1.54) is 0 Å². The maximum absolute atomic E-state index is 10.9. The number of hydrogen-bond acceptors (Lipinski definition) is 1. The molecule has 0 amide bonds. The molecule has 0 aliphatic rings. The summed E-state index contributed by atoms with van der Waals surface area (Å²) in [7, 11) is 0. The average Bonchev–Trinajstić information content (AvgIpc) is 2.32. The highest BCUT2D eigenvalue weighted by Crippen LogP contribution is 2.33. The van der Waals surface area contributed by atoms with Crippen molar-refractivity contribution in [3.8, 4) is 11.1 Å². The molecule has 2 aromatic rings. The third-order valence-electron chi connectivity index (χ3n) is 2.96. The van der Waals surface area contributed by atoms with Crippen LogP contribution in [-0.4, -0.2) is 6.29 Å². The van der Waals surface area contributed by atoms with Crippen LogP contribution < -0.4 is 0 Å². The lowest BCUT2D eigenvalue weighted by Gasteiger charge is -2.11. The Hall–Kier alpha value is -1.31.